The summed E-state index contributed by atoms with van der Waals surface area (Å²) in [7, 11) is 0. The van der Waals surface area contributed by atoms with Gasteiger partial charge in [0, 0.05) is 31.2 Å². The van der Waals surface area contributed by atoms with Gasteiger partial charge in [-0.15, -0.1) is 0 Å². The van der Waals surface area contributed by atoms with Crippen molar-refractivity contribution >= 4 is 17.6 Å². The minimum Gasteiger partial charge on any atom is -0.444 e. The van der Waals surface area contributed by atoms with Crippen molar-refractivity contribution in [3.63, 3.8) is 0 Å². The summed E-state index contributed by atoms with van der Waals surface area (Å²) >= 11 is 0. The first-order valence-corrected chi connectivity index (χ1v) is 14.2. The highest BCUT2D eigenvalue weighted by Crippen LogP contribution is 2.36. The zero-order valence-corrected chi connectivity index (χ0v) is 23.7. The molecule has 1 saturated carbocycles. The lowest BCUT2D eigenvalue weighted by Crippen LogP contribution is -2.44. The third-order valence-corrected chi connectivity index (χ3v) is 7.50. The number of rotatable bonds is 7. The summed E-state index contributed by atoms with van der Waals surface area (Å²) in [6, 6.07) is 26.9. The number of hydrogen-bond donors (Lipinski definition) is 1. The maximum Gasteiger partial charge on any atom is 0.410 e. The molecule has 40 heavy (non-hydrogen) atoms. The minimum absolute atomic E-state index is 0.0114. The molecule has 1 aliphatic carbocycles. The molecule has 3 aromatic rings. The molecule has 0 aromatic heterocycles. The lowest BCUT2D eigenvalue weighted by molar-refractivity contribution is -0.128. The monoisotopic (exact) mass is 537 g/mol. The second-order valence-electron chi connectivity index (χ2n) is 11.7. The summed E-state index contributed by atoms with van der Waals surface area (Å²) in [5.41, 5.74) is 12.4. The van der Waals surface area contributed by atoms with E-state index < -0.39 is 5.60 Å². The quantitative estimate of drug-likeness (QED) is 0.379. The number of nitrogens with zero attached hydrogens (tertiary/aromatic N) is 2. The lowest BCUT2D eigenvalue weighted by Gasteiger charge is -2.34. The lowest BCUT2D eigenvalue weighted by atomic mass is 9.90. The predicted molar refractivity (Wildman–Crippen MR) is 159 cm³/mol. The van der Waals surface area contributed by atoms with Gasteiger partial charge >= 0.3 is 6.09 Å². The van der Waals surface area contributed by atoms with Crippen LogP contribution in [0.25, 0.3) is 16.7 Å². The summed E-state index contributed by atoms with van der Waals surface area (Å²) in [4.78, 5) is 31.2. The topological polar surface area (TPSA) is 75.9 Å². The maximum absolute atomic E-state index is 14.4. The molecule has 0 saturated heterocycles. The average molecular weight is 538 g/mol. The van der Waals surface area contributed by atoms with Crippen molar-refractivity contribution in [2.24, 2.45) is 5.73 Å². The average Bonchev–Trinajstić information content (AvgIpc) is 3.80. The molecule has 1 aliphatic heterocycles. The van der Waals surface area contributed by atoms with Gasteiger partial charge in [0.2, 0.25) is 0 Å². The van der Waals surface area contributed by atoms with Crippen molar-refractivity contribution in [2.75, 3.05) is 13.1 Å². The second kappa shape index (κ2) is 11.7. The van der Waals surface area contributed by atoms with Gasteiger partial charge in [0.25, 0.3) is 5.91 Å². The summed E-state index contributed by atoms with van der Waals surface area (Å²) in [6.45, 7) is 7.24. The van der Waals surface area contributed by atoms with Gasteiger partial charge in [-0.1, -0.05) is 72.8 Å². The first-order chi connectivity index (χ1) is 19.2. The fraction of sp³-hybridized carbons (Fsp3) is 0.353. The fourth-order valence-corrected chi connectivity index (χ4v) is 5.30. The van der Waals surface area contributed by atoms with E-state index in [4.69, 9.17) is 10.5 Å². The molecule has 1 fully saturated rings. The first-order valence-electron chi connectivity index (χ1n) is 14.2. The van der Waals surface area contributed by atoms with Crippen LogP contribution in [0.2, 0.25) is 0 Å². The van der Waals surface area contributed by atoms with Crippen LogP contribution >= 0.6 is 0 Å². The molecule has 6 heteroatoms. The minimum atomic E-state index is -0.610. The standard InChI is InChI=1S/C34H39N3O3/c1-34(2,3)40-33(39)36-19-18-30(26-15-9-14-25(20-26)24-10-5-4-6-11-24)31(23-36)32(38)37(29-16-17-29)22-28-13-8-7-12-27(28)21-35/h4-15,20,29H,16-19,21-23,35H2,1-3H3. The van der Waals surface area contributed by atoms with Crippen LogP contribution in [-0.2, 0) is 22.6 Å². The third kappa shape index (κ3) is 6.45. The Bertz CT molecular complexity index is 1400. The zero-order chi connectivity index (χ0) is 28.3. The molecule has 0 bridgehead atoms. The summed E-state index contributed by atoms with van der Waals surface area (Å²) in [5.74, 6) is -0.0114. The largest absolute Gasteiger partial charge is 0.444 e. The first kappa shape index (κ1) is 27.7. The van der Waals surface area contributed by atoms with Gasteiger partial charge in [-0.3, -0.25) is 4.79 Å². The fourth-order valence-electron chi connectivity index (χ4n) is 5.30. The van der Waals surface area contributed by atoms with Gasteiger partial charge in [0.05, 0.1) is 6.54 Å². The van der Waals surface area contributed by atoms with Crippen LogP contribution in [0.5, 0.6) is 0 Å². The molecule has 2 aliphatic rings. The summed E-state index contributed by atoms with van der Waals surface area (Å²) < 4.78 is 5.69. The number of hydrogen-bond acceptors (Lipinski definition) is 4. The normalized spacial score (nSPS) is 15.7. The Morgan fingerprint density at radius 3 is 2.23 bits per heavy atom. The van der Waals surface area contributed by atoms with Crippen LogP contribution in [0, 0.1) is 0 Å². The highest BCUT2D eigenvalue weighted by Gasteiger charge is 2.38. The zero-order valence-electron chi connectivity index (χ0n) is 23.7. The van der Waals surface area contributed by atoms with Crippen LogP contribution in [-0.4, -0.2) is 46.5 Å². The number of ether oxygens (including phenoxy) is 1. The number of amides is 2. The van der Waals surface area contributed by atoms with Crippen molar-refractivity contribution in [3.05, 3.63) is 101 Å². The van der Waals surface area contributed by atoms with Crippen molar-refractivity contribution in [2.45, 2.75) is 64.8 Å². The van der Waals surface area contributed by atoms with E-state index in [9.17, 15) is 9.59 Å². The van der Waals surface area contributed by atoms with E-state index >= 15 is 0 Å². The predicted octanol–water partition coefficient (Wildman–Crippen LogP) is 6.40. The Labute approximate surface area is 237 Å². The van der Waals surface area contributed by atoms with Crippen molar-refractivity contribution in [1.82, 2.24) is 9.80 Å². The smallest absolute Gasteiger partial charge is 0.410 e. The Balaban J connectivity index is 1.53. The molecule has 3 aromatic carbocycles. The molecule has 0 radical (unpaired) electrons. The number of carbonyl (C=O) groups excluding carboxylic acids is 2. The van der Waals surface area contributed by atoms with Gasteiger partial charge in [0.1, 0.15) is 5.60 Å². The van der Waals surface area contributed by atoms with E-state index in [1.165, 1.54) is 0 Å². The Hall–Kier alpha value is -3.90. The highest BCUT2D eigenvalue weighted by atomic mass is 16.6. The van der Waals surface area contributed by atoms with E-state index in [-0.39, 0.29) is 24.6 Å². The van der Waals surface area contributed by atoms with E-state index in [2.05, 4.69) is 36.4 Å². The van der Waals surface area contributed by atoms with Gasteiger partial charge in [0.15, 0.2) is 0 Å². The van der Waals surface area contributed by atoms with Gasteiger partial charge in [-0.05, 0) is 79.5 Å². The molecule has 2 N–H and O–H groups in total. The van der Waals surface area contributed by atoms with E-state index in [1.54, 1.807) is 4.90 Å². The molecule has 0 spiro atoms. The van der Waals surface area contributed by atoms with Gasteiger partial charge < -0.3 is 20.3 Å². The Morgan fingerprint density at radius 1 is 0.900 bits per heavy atom. The van der Waals surface area contributed by atoms with Gasteiger partial charge in [-0.25, -0.2) is 4.79 Å². The molecule has 0 atom stereocenters. The van der Waals surface area contributed by atoms with Crippen molar-refractivity contribution < 1.29 is 14.3 Å². The Morgan fingerprint density at radius 2 is 1.55 bits per heavy atom. The third-order valence-electron chi connectivity index (χ3n) is 7.50. The van der Waals surface area contributed by atoms with Crippen LogP contribution in [0.1, 0.15) is 56.7 Å². The molecule has 0 unspecified atom stereocenters. The van der Waals surface area contributed by atoms with Crippen LogP contribution < -0.4 is 5.73 Å². The van der Waals surface area contributed by atoms with Crippen molar-refractivity contribution in [3.8, 4) is 11.1 Å². The number of benzene rings is 3. The van der Waals surface area contributed by atoms with Crippen LogP contribution in [0.15, 0.2) is 84.4 Å². The molecule has 208 valence electrons. The van der Waals surface area contributed by atoms with Crippen molar-refractivity contribution in [1.29, 1.82) is 0 Å². The van der Waals surface area contributed by atoms with E-state index in [0.717, 1.165) is 46.2 Å². The SMILES string of the molecule is CC(C)(C)OC(=O)N1CCC(c2cccc(-c3ccccc3)c2)=C(C(=O)N(Cc2ccccc2CN)C2CC2)C1. The van der Waals surface area contributed by atoms with Crippen LogP contribution in [0.3, 0.4) is 0 Å². The molecular formula is C34H39N3O3. The Kier molecular flexibility index (Phi) is 8.08. The summed E-state index contributed by atoms with van der Waals surface area (Å²) in [5, 5.41) is 0. The molecule has 1 heterocycles. The molecule has 6 nitrogen and oxygen atoms in total. The highest BCUT2D eigenvalue weighted by molar-refractivity contribution is 6.03. The van der Waals surface area contributed by atoms with E-state index in [1.807, 2.05) is 68.1 Å². The number of nitrogens with two attached hydrogens (primary N) is 1. The molecule has 5 rings (SSSR count). The van der Waals surface area contributed by atoms with Gasteiger partial charge in [-0.2, -0.15) is 0 Å². The number of carbonyl (C=O) groups is 2. The second-order valence-corrected chi connectivity index (χ2v) is 11.7. The van der Waals surface area contributed by atoms with E-state index in [0.29, 0.717) is 31.6 Å². The molecule has 2 amide bonds. The van der Waals surface area contributed by atoms with Crippen LogP contribution in [0.4, 0.5) is 4.79 Å². The molecular weight excluding hydrogens is 498 g/mol. The summed E-state index contributed by atoms with van der Waals surface area (Å²) in [6.07, 6.45) is 2.16. The maximum atomic E-state index is 14.4.